The van der Waals surface area contributed by atoms with E-state index in [9.17, 15) is 0 Å². The van der Waals surface area contributed by atoms with Crippen molar-refractivity contribution in [2.75, 3.05) is 13.1 Å². The van der Waals surface area contributed by atoms with Gasteiger partial charge >= 0.3 is 0 Å². The molecule has 0 bridgehead atoms. The van der Waals surface area contributed by atoms with Gasteiger partial charge in [0, 0.05) is 0 Å². The molecule has 1 heteroatoms. The average Bonchev–Trinajstić information content (AvgIpc) is 2.24. The number of hydrogen-bond acceptors (Lipinski definition) is 1. The summed E-state index contributed by atoms with van der Waals surface area (Å²) in [6, 6.07) is 8.76. The summed E-state index contributed by atoms with van der Waals surface area (Å²) in [5.41, 5.74) is 2.79. The van der Waals surface area contributed by atoms with Crippen LogP contribution in [0.4, 0.5) is 0 Å². The fourth-order valence-corrected chi connectivity index (χ4v) is 1.59. The molecule has 84 valence electrons. The van der Waals surface area contributed by atoms with Crippen molar-refractivity contribution in [1.29, 1.82) is 0 Å². The highest BCUT2D eigenvalue weighted by molar-refractivity contribution is 5.22. The Balaban J connectivity index is 2.20. The van der Waals surface area contributed by atoms with Gasteiger partial charge in [-0.3, -0.25) is 0 Å². The van der Waals surface area contributed by atoms with Gasteiger partial charge in [-0.15, -0.1) is 0 Å². The van der Waals surface area contributed by atoms with E-state index in [1.54, 1.807) is 0 Å². The number of aryl methyl sites for hydroxylation is 1. The van der Waals surface area contributed by atoms with E-state index < -0.39 is 0 Å². The second kappa shape index (κ2) is 6.62. The van der Waals surface area contributed by atoms with Crippen molar-refractivity contribution in [3.8, 4) is 0 Å². The van der Waals surface area contributed by atoms with E-state index >= 15 is 0 Å². The quantitative estimate of drug-likeness (QED) is 0.703. The van der Waals surface area contributed by atoms with Crippen molar-refractivity contribution in [3.05, 3.63) is 35.4 Å². The van der Waals surface area contributed by atoms with Crippen molar-refractivity contribution >= 4 is 0 Å². The van der Waals surface area contributed by atoms with Crippen LogP contribution in [0.1, 0.15) is 31.4 Å². The first-order chi connectivity index (χ1) is 7.22. The molecule has 1 nitrogen and oxygen atoms in total. The highest BCUT2D eigenvalue weighted by Crippen LogP contribution is 2.04. The third-order valence-corrected chi connectivity index (χ3v) is 2.86. The lowest BCUT2D eigenvalue weighted by Crippen LogP contribution is -2.23. The highest BCUT2D eigenvalue weighted by Gasteiger charge is 1.97. The zero-order valence-electron chi connectivity index (χ0n) is 10.2. The van der Waals surface area contributed by atoms with Gasteiger partial charge in [0.15, 0.2) is 0 Å². The van der Waals surface area contributed by atoms with Gasteiger partial charge in [-0.25, -0.2) is 0 Å². The van der Waals surface area contributed by atoms with Gasteiger partial charge < -0.3 is 5.32 Å². The van der Waals surface area contributed by atoms with Crippen LogP contribution < -0.4 is 5.32 Å². The Hall–Kier alpha value is -0.820. The van der Waals surface area contributed by atoms with Crippen molar-refractivity contribution in [1.82, 2.24) is 5.32 Å². The molecule has 1 N–H and O–H groups in total. The van der Waals surface area contributed by atoms with E-state index in [1.807, 2.05) is 0 Å². The van der Waals surface area contributed by atoms with Gasteiger partial charge in [-0.05, 0) is 37.9 Å². The van der Waals surface area contributed by atoms with Crippen LogP contribution in [0.3, 0.4) is 0 Å². The van der Waals surface area contributed by atoms with Crippen molar-refractivity contribution in [2.45, 2.75) is 33.6 Å². The third kappa shape index (κ3) is 4.98. The third-order valence-electron chi connectivity index (χ3n) is 2.86. The molecule has 0 unspecified atom stereocenters. The second-order valence-electron chi connectivity index (χ2n) is 4.46. The summed E-state index contributed by atoms with van der Waals surface area (Å²) in [6.07, 6.45) is 2.40. The highest BCUT2D eigenvalue weighted by atomic mass is 14.8. The molecule has 1 aromatic carbocycles. The molecule has 0 heterocycles. The zero-order valence-corrected chi connectivity index (χ0v) is 10.2. The van der Waals surface area contributed by atoms with Gasteiger partial charge in [-0.1, -0.05) is 50.1 Å². The molecule has 0 aliphatic rings. The number of hydrogen-bond donors (Lipinski definition) is 1. The van der Waals surface area contributed by atoms with Gasteiger partial charge in [-0.2, -0.15) is 0 Å². The Labute approximate surface area is 93.9 Å². The van der Waals surface area contributed by atoms with Gasteiger partial charge in [0.05, 0.1) is 0 Å². The van der Waals surface area contributed by atoms with E-state index in [2.05, 4.69) is 50.4 Å². The molecule has 1 rings (SSSR count). The molecule has 0 aliphatic heterocycles. The van der Waals surface area contributed by atoms with Crippen molar-refractivity contribution in [2.24, 2.45) is 5.92 Å². The van der Waals surface area contributed by atoms with Crippen molar-refractivity contribution in [3.63, 3.8) is 0 Å². The monoisotopic (exact) mass is 205 g/mol. The SMILES string of the molecule is CC[C@H](C)CNCCc1cccc(C)c1. The van der Waals surface area contributed by atoms with E-state index in [4.69, 9.17) is 0 Å². The van der Waals surface area contributed by atoms with Crippen LogP contribution in [0.25, 0.3) is 0 Å². The van der Waals surface area contributed by atoms with E-state index in [-0.39, 0.29) is 0 Å². The minimum Gasteiger partial charge on any atom is -0.316 e. The van der Waals surface area contributed by atoms with E-state index in [0.717, 1.165) is 25.4 Å². The largest absolute Gasteiger partial charge is 0.316 e. The summed E-state index contributed by atoms with van der Waals surface area (Å²) in [7, 11) is 0. The predicted octanol–water partition coefficient (Wildman–Crippen LogP) is 3.17. The van der Waals surface area contributed by atoms with Crippen LogP contribution in [0.2, 0.25) is 0 Å². The molecule has 0 amide bonds. The average molecular weight is 205 g/mol. The topological polar surface area (TPSA) is 12.0 Å². The zero-order chi connectivity index (χ0) is 11.1. The summed E-state index contributed by atoms with van der Waals surface area (Å²) in [5, 5.41) is 3.50. The maximum absolute atomic E-state index is 3.50. The standard InChI is InChI=1S/C14H23N/c1-4-12(2)11-15-9-8-14-7-5-6-13(3)10-14/h5-7,10,12,15H,4,8-9,11H2,1-3H3/t12-/m0/s1. The smallest absolute Gasteiger partial charge is 0.000824 e. The lowest BCUT2D eigenvalue weighted by Gasteiger charge is -2.10. The summed E-state index contributed by atoms with van der Waals surface area (Å²) in [6.45, 7) is 8.92. The molecule has 1 aromatic rings. The van der Waals surface area contributed by atoms with Gasteiger partial charge in [0.25, 0.3) is 0 Å². The number of benzene rings is 1. The molecule has 0 saturated carbocycles. The minimum absolute atomic E-state index is 0.794. The molecular formula is C14H23N. The summed E-state index contributed by atoms with van der Waals surface area (Å²) in [5.74, 6) is 0.794. The summed E-state index contributed by atoms with van der Waals surface area (Å²) in [4.78, 5) is 0. The van der Waals surface area contributed by atoms with Crippen LogP contribution in [0, 0.1) is 12.8 Å². The van der Waals surface area contributed by atoms with Crippen LogP contribution in [-0.2, 0) is 6.42 Å². The maximum Gasteiger partial charge on any atom is -0.000824 e. The number of rotatable bonds is 6. The Bertz CT molecular complexity index is 280. The van der Waals surface area contributed by atoms with E-state index in [0.29, 0.717) is 0 Å². The Morgan fingerprint density at radius 1 is 1.33 bits per heavy atom. The first-order valence-corrected chi connectivity index (χ1v) is 5.98. The van der Waals surface area contributed by atoms with Gasteiger partial charge in [0.1, 0.15) is 0 Å². The van der Waals surface area contributed by atoms with Gasteiger partial charge in [0.2, 0.25) is 0 Å². The van der Waals surface area contributed by atoms with E-state index in [1.165, 1.54) is 17.5 Å². The van der Waals surface area contributed by atoms with Crippen LogP contribution in [0.5, 0.6) is 0 Å². The predicted molar refractivity (Wildman–Crippen MR) is 67.2 cm³/mol. The molecule has 0 radical (unpaired) electrons. The molecule has 0 spiro atoms. The molecule has 0 fully saturated rings. The second-order valence-corrected chi connectivity index (χ2v) is 4.46. The lowest BCUT2D eigenvalue weighted by atomic mass is 10.1. The molecule has 0 aromatic heterocycles. The number of nitrogens with one attached hydrogen (secondary N) is 1. The molecule has 15 heavy (non-hydrogen) atoms. The van der Waals surface area contributed by atoms with Crippen LogP contribution >= 0.6 is 0 Å². The Kier molecular flexibility index (Phi) is 5.41. The Morgan fingerprint density at radius 2 is 2.13 bits per heavy atom. The van der Waals surface area contributed by atoms with Crippen LogP contribution in [0.15, 0.2) is 24.3 Å². The Morgan fingerprint density at radius 3 is 2.80 bits per heavy atom. The lowest BCUT2D eigenvalue weighted by molar-refractivity contribution is 0.502. The maximum atomic E-state index is 3.50. The molecule has 0 aliphatic carbocycles. The first-order valence-electron chi connectivity index (χ1n) is 5.98. The first kappa shape index (κ1) is 12.3. The fourth-order valence-electron chi connectivity index (χ4n) is 1.59. The normalized spacial score (nSPS) is 12.7. The van der Waals surface area contributed by atoms with Crippen molar-refractivity contribution < 1.29 is 0 Å². The minimum atomic E-state index is 0.794. The molecule has 0 saturated heterocycles. The molecule has 1 atom stereocenters. The van der Waals surface area contributed by atoms with Crippen LogP contribution in [-0.4, -0.2) is 13.1 Å². The summed E-state index contributed by atoms with van der Waals surface area (Å²) < 4.78 is 0. The summed E-state index contributed by atoms with van der Waals surface area (Å²) >= 11 is 0. The fraction of sp³-hybridized carbons (Fsp3) is 0.571. The molecular weight excluding hydrogens is 182 g/mol.